The molecule has 0 aliphatic heterocycles. The Hall–Kier alpha value is -2.14. The largest absolute Gasteiger partial charge is 0.489 e. The van der Waals surface area contributed by atoms with Crippen LogP contribution < -0.4 is 9.47 Å². The lowest BCUT2D eigenvalue weighted by Crippen LogP contribution is -2.06. The van der Waals surface area contributed by atoms with Crippen LogP contribution in [0.4, 0.5) is 8.78 Å². The summed E-state index contributed by atoms with van der Waals surface area (Å²) < 4.78 is 36.9. The smallest absolute Gasteiger partial charge is 0.387 e. The highest BCUT2D eigenvalue weighted by Crippen LogP contribution is 2.34. The molecule has 1 aliphatic rings. The number of aryl methyl sites for hydroxylation is 2. The molecule has 0 amide bonds. The molecule has 0 unspecified atom stereocenters. The molecule has 1 aliphatic carbocycles. The lowest BCUT2D eigenvalue weighted by molar-refractivity contribution is -0.0515. The summed E-state index contributed by atoms with van der Waals surface area (Å²) in [6.45, 7) is -2.28. The van der Waals surface area contributed by atoms with Crippen molar-refractivity contribution in [2.45, 2.75) is 32.3 Å². The van der Waals surface area contributed by atoms with E-state index in [0.717, 1.165) is 31.2 Å². The van der Waals surface area contributed by atoms with Crippen LogP contribution in [-0.2, 0) is 12.8 Å². The molecule has 1 fully saturated rings. The van der Waals surface area contributed by atoms with Gasteiger partial charge < -0.3 is 9.47 Å². The van der Waals surface area contributed by atoms with Gasteiger partial charge in [-0.25, -0.2) is 0 Å². The van der Waals surface area contributed by atoms with Gasteiger partial charge in [0.15, 0.2) is 11.5 Å². The number of ether oxygens (including phenoxy) is 2. The van der Waals surface area contributed by atoms with Crippen molar-refractivity contribution in [1.82, 2.24) is 0 Å². The molecule has 0 N–H and O–H groups in total. The molecule has 0 bridgehead atoms. The molecule has 2 nitrogen and oxygen atoms in total. The van der Waals surface area contributed by atoms with E-state index in [1.165, 1.54) is 15.6 Å². The van der Waals surface area contributed by atoms with Crippen LogP contribution in [0.3, 0.4) is 0 Å². The maximum absolute atomic E-state index is 12.6. The number of thiophene rings is 1. The number of fused-ring (bicyclic) bond motifs is 1. The van der Waals surface area contributed by atoms with Crippen LogP contribution in [0.15, 0.2) is 47.8 Å². The van der Waals surface area contributed by atoms with Crippen LogP contribution >= 0.6 is 11.3 Å². The van der Waals surface area contributed by atoms with Crippen molar-refractivity contribution < 1.29 is 18.3 Å². The molecule has 1 aromatic heterocycles. The lowest BCUT2D eigenvalue weighted by atomic mass is 10.0. The zero-order valence-corrected chi connectivity index (χ0v) is 15.1. The maximum Gasteiger partial charge on any atom is 0.387 e. The molecule has 3 aromatic rings. The second-order valence-electron chi connectivity index (χ2n) is 6.66. The molecule has 136 valence electrons. The summed E-state index contributed by atoms with van der Waals surface area (Å²) in [4.78, 5) is 0. The molecular weight excluding hydrogens is 354 g/mol. The molecule has 2 aromatic carbocycles. The number of alkyl halides is 2. The number of hydrogen-bond acceptors (Lipinski definition) is 3. The van der Waals surface area contributed by atoms with Crippen LogP contribution in [0.2, 0.25) is 0 Å². The Labute approximate surface area is 155 Å². The van der Waals surface area contributed by atoms with Crippen molar-refractivity contribution in [2.75, 3.05) is 6.61 Å². The standard InChI is InChI=1S/C21H20F2O2S/c22-21(23)25-18-9-7-14(12-19(18)24-13-15-4-5-15)6-8-16-2-1-3-20-17(16)10-11-26-20/h1-3,7,9-12,15,21H,4-6,8,13H2. The van der Waals surface area contributed by atoms with Gasteiger partial charge in [0, 0.05) is 4.70 Å². The minimum Gasteiger partial charge on any atom is -0.489 e. The highest BCUT2D eigenvalue weighted by atomic mass is 32.1. The second kappa shape index (κ2) is 7.62. The third-order valence-electron chi connectivity index (χ3n) is 4.66. The van der Waals surface area contributed by atoms with Gasteiger partial charge in [-0.3, -0.25) is 0 Å². The Bertz CT molecular complexity index is 887. The number of rotatable bonds is 8. The van der Waals surface area contributed by atoms with E-state index >= 15 is 0 Å². The Balaban J connectivity index is 1.50. The third-order valence-corrected chi connectivity index (χ3v) is 5.55. The summed E-state index contributed by atoms with van der Waals surface area (Å²) in [6.07, 6.45) is 4.01. The quantitative estimate of drug-likeness (QED) is 0.476. The highest BCUT2D eigenvalue weighted by Gasteiger charge is 2.23. The molecule has 0 saturated heterocycles. The van der Waals surface area contributed by atoms with Crippen molar-refractivity contribution >= 4 is 21.4 Å². The van der Waals surface area contributed by atoms with Crippen LogP contribution in [0.25, 0.3) is 10.1 Å². The Kier molecular flexibility index (Phi) is 5.07. The van der Waals surface area contributed by atoms with Crippen molar-refractivity contribution in [1.29, 1.82) is 0 Å². The van der Waals surface area contributed by atoms with Gasteiger partial charge in [-0.2, -0.15) is 8.78 Å². The Morgan fingerprint density at radius 3 is 2.73 bits per heavy atom. The van der Waals surface area contributed by atoms with Crippen LogP contribution in [0.5, 0.6) is 11.5 Å². The predicted octanol–water partition coefficient (Wildman–Crippen LogP) is 6.08. The van der Waals surface area contributed by atoms with E-state index in [0.29, 0.717) is 18.3 Å². The minimum absolute atomic E-state index is 0.115. The van der Waals surface area contributed by atoms with Gasteiger partial charge in [0.2, 0.25) is 0 Å². The average molecular weight is 374 g/mol. The molecule has 0 spiro atoms. The Morgan fingerprint density at radius 1 is 1.04 bits per heavy atom. The molecule has 5 heteroatoms. The van der Waals surface area contributed by atoms with Gasteiger partial charge in [0.25, 0.3) is 0 Å². The zero-order valence-electron chi connectivity index (χ0n) is 14.3. The fourth-order valence-corrected chi connectivity index (χ4v) is 3.89. The summed E-state index contributed by atoms with van der Waals surface area (Å²) in [5.74, 6) is 1.09. The summed E-state index contributed by atoms with van der Waals surface area (Å²) in [5.41, 5.74) is 2.36. The van der Waals surface area contributed by atoms with E-state index in [1.807, 2.05) is 12.1 Å². The monoisotopic (exact) mass is 374 g/mol. The summed E-state index contributed by atoms with van der Waals surface area (Å²) >= 11 is 1.74. The predicted molar refractivity (Wildman–Crippen MR) is 101 cm³/mol. The molecule has 4 rings (SSSR count). The normalized spacial score (nSPS) is 14.1. The van der Waals surface area contributed by atoms with E-state index in [2.05, 4.69) is 34.4 Å². The summed E-state index contributed by atoms with van der Waals surface area (Å²) in [5, 5.41) is 3.40. The van der Waals surface area contributed by atoms with Crippen molar-refractivity contribution in [3.05, 3.63) is 59.0 Å². The molecule has 26 heavy (non-hydrogen) atoms. The topological polar surface area (TPSA) is 18.5 Å². The van der Waals surface area contributed by atoms with E-state index < -0.39 is 6.61 Å². The van der Waals surface area contributed by atoms with Gasteiger partial charge in [0.05, 0.1) is 6.61 Å². The zero-order chi connectivity index (χ0) is 17.9. The fraction of sp³-hybridized carbons (Fsp3) is 0.333. The van der Waals surface area contributed by atoms with E-state index in [9.17, 15) is 8.78 Å². The third kappa shape index (κ3) is 4.15. The van der Waals surface area contributed by atoms with Crippen molar-refractivity contribution in [3.63, 3.8) is 0 Å². The van der Waals surface area contributed by atoms with E-state index in [4.69, 9.17) is 4.74 Å². The SMILES string of the molecule is FC(F)Oc1ccc(CCc2cccc3sccc23)cc1OCC1CC1. The maximum atomic E-state index is 12.6. The number of benzene rings is 2. The van der Waals surface area contributed by atoms with Crippen LogP contribution in [0, 0.1) is 5.92 Å². The number of hydrogen-bond donors (Lipinski definition) is 0. The number of halogens is 2. The van der Waals surface area contributed by atoms with Crippen molar-refractivity contribution in [3.8, 4) is 11.5 Å². The van der Waals surface area contributed by atoms with Crippen LogP contribution in [-0.4, -0.2) is 13.2 Å². The van der Waals surface area contributed by atoms with E-state index in [-0.39, 0.29) is 5.75 Å². The first kappa shape index (κ1) is 17.3. The minimum atomic E-state index is -2.85. The van der Waals surface area contributed by atoms with Gasteiger partial charge >= 0.3 is 6.61 Å². The Morgan fingerprint density at radius 2 is 1.92 bits per heavy atom. The first-order valence-corrected chi connectivity index (χ1v) is 9.72. The first-order valence-electron chi connectivity index (χ1n) is 8.84. The molecule has 0 radical (unpaired) electrons. The van der Waals surface area contributed by atoms with Crippen LogP contribution in [0.1, 0.15) is 24.0 Å². The van der Waals surface area contributed by atoms with Gasteiger partial charge in [-0.05, 0) is 77.8 Å². The van der Waals surface area contributed by atoms with E-state index in [1.54, 1.807) is 17.4 Å². The summed E-state index contributed by atoms with van der Waals surface area (Å²) in [7, 11) is 0. The average Bonchev–Trinajstić information content (AvgIpc) is 3.33. The summed E-state index contributed by atoms with van der Waals surface area (Å²) in [6, 6.07) is 13.8. The lowest BCUT2D eigenvalue weighted by Gasteiger charge is -2.14. The van der Waals surface area contributed by atoms with Gasteiger partial charge in [-0.15, -0.1) is 11.3 Å². The highest BCUT2D eigenvalue weighted by molar-refractivity contribution is 7.17. The van der Waals surface area contributed by atoms with Gasteiger partial charge in [0.1, 0.15) is 0 Å². The van der Waals surface area contributed by atoms with Crippen molar-refractivity contribution in [2.24, 2.45) is 5.92 Å². The first-order chi connectivity index (χ1) is 12.7. The second-order valence-corrected chi connectivity index (χ2v) is 7.61. The van der Waals surface area contributed by atoms with Gasteiger partial charge in [-0.1, -0.05) is 18.2 Å². The molecule has 1 heterocycles. The molecule has 0 atom stereocenters. The fourth-order valence-electron chi connectivity index (χ4n) is 3.06. The molecular formula is C21H20F2O2S. The molecule has 1 saturated carbocycles.